The minimum absolute atomic E-state index is 0.115. The molecule has 0 spiro atoms. The Bertz CT molecular complexity index is 475. The van der Waals surface area contributed by atoms with Gasteiger partial charge in [-0.3, -0.25) is 0 Å². The van der Waals surface area contributed by atoms with Crippen molar-refractivity contribution in [3.8, 4) is 5.75 Å². The zero-order valence-corrected chi connectivity index (χ0v) is 12.8. The van der Waals surface area contributed by atoms with Gasteiger partial charge in [0.1, 0.15) is 11.4 Å². The van der Waals surface area contributed by atoms with Crippen molar-refractivity contribution in [1.82, 2.24) is 5.32 Å². The quantitative estimate of drug-likeness (QED) is 0.914. The molecule has 4 nitrogen and oxygen atoms in total. The lowest BCUT2D eigenvalue weighted by molar-refractivity contribution is 0.0518. The first-order chi connectivity index (χ1) is 9.30. The fourth-order valence-electron chi connectivity index (χ4n) is 1.54. The molecule has 1 aromatic rings. The maximum atomic E-state index is 11.6. The Morgan fingerprint density at radius 2 is 2.05 bits per heavy atom. The van der Waals surface area contributed by atoms with Gasteiger partial charge in [0.25, 0.3) is 0 Å². The van der Waals surface area contributed by atoms with Crippen LogP contribution in [0.3, 0.4) is 0 Å². The van der Waals surface area contributed by atoms with Crippen molar-refractivity contribution in [3.63, 3.8) is 0 Å². The molecule has 1 N–H and O–H groups in total. The van der Waals surface area contributed by atoms with Crippen LogP contribution in [-0.2, 0) is 4.74 Å². The first-order valence-electron chi connectivity index (χ1n) is 6.62. The maximum absolute atomic E-state index is 11.6. The third kappa shape index (κ3) is 6.27. The highest BCUT2D eigenvalue weighted by Crippen LogP contribution is 2.14. The van der Waals surface area contributed by atoms with Crippen LogP contribution >= 0.6 is 0 Å². The summed E-state index contributed by atoms with van der Waals surface area (Å²) < 4.78 is 10.4. The molecular formula is C16H23NO3. The summed E-state index contributed by atoms with van der Waals surface area (Å²) in [6, 6.07) is 7.59. The smallest absolute Gasteiger partial charge is 0.408 e. The van der Waals surface area contributed by atoms with Gasteiger partial charge in [-0.05, 0) is 45.4 Å². The summed E-state index contributed by atoms with van der Waals surface area (Å²) in [4.78, 5) is 11.6. The molecule has 0 aliphatic carbocycles. The van der Waals surface area contributed by atoms with Gasteiger partial charge in [0.05, 0.1) is 7.11 Å². The zero-order valence-electron chi connectivity index (χ0n) is 12.8. The van der Waals surface area contributed by atoms with Crippen molar-refractivity contribution in [3.05, 3.63) is 35.9 Å². The second-order valence-corrected chi connectivity index (χ2v) is 5.57. The van der Waals surface area contributed by atoms with E-state index in [1.807, 2.05) is 64.1 Å². The Hall–Kier alpha value is -1.97. The molecule has 20 heavy (non-hydrogen) atoms. The van der Waals surface area contributed by atoms with E-state index < -0.39 is 11.7 Å². The van der Waals surface area contributed by atoms with Crippen LogP contribution < -0.4 is 10.1 Å². The van der Waals surface area contributed by atoms with Crippen LogP contribution in [0.2, 0.25) is 0 Å². The second-order valence-electron chi connectivity index (χ2n) is 5.57. The van der Waals surface area contributed by atoms with E-state index in [1.54, 1.807) is 7.11 Å². The number of amides is 1. The summed E-state index contributed by atoms with van der Waals surface area (Å²) in [5, 5.41) is 2.76. The summed E-state index contributed by atoms with van der Waals surface area (Å²) in [6.07, 6.45) is 3.42. The largest absolute Gasteiger partial charge is 0.497 e. The van der Waals surface area contributed by atoms with E-state index in [9.17, 15) is 4.79 Å². The lowest BCUT2D eigenvalue weighted by atomic mass is 10.1. The first-order valence-corrected chi connectivity index (χ1v) is 6.62. The number of methoxy groups -OCH3 is 1. The van der Waals surface area contributed by atoms with Gasteiger partial charge in [0, 0.05) is 6.04 Å². The number of benzene rings is 1. The molecule has 0 aliphatic heterocycles. The SMILES string of the molecule is COc1cccc(/C=C/C(C)NC(=O)OC(C)(C)C)c1. The van der Waals surface area contributed by atoms with E-state index >= 15 is 0 Å². The van der Waals surface area contributed by atoms with Crippen LogP contribution in [0.5, 0.6) is 5.75 Å². The molecule has 0 bridgehead atoms. The van der Waals surface area contributed by atoms with E-state index in [0.29, 0.717) is 0 Å². The van der Waals surface area contributed by atoms with Gasteiger partial charge in [0.15, 0.2) is 0 Å². The number of alkyl carbamates (subject to hydrolysis) is 1. The van der Waals surface area contributed by atoms with Gasteiger partial charge < -0.3 is 14.8 Å². The lowest BCUT2D eigenvalue weighted by Gasteiger charge is -2.21. The summed E-state index contributed by atoms with van der Waals surface area (Å²) in [5.74, 6) is 0.805. The van der Waals surface area contributed by atoms with Crippen molar-refractivity contribution >= 4 is 12.2 Å². The highest BCUT2D eigenvalue weighted by atomic mass is 16.6. The van der Waals surface area contributed by atoms with Crippen LogP contribution in [0, 0.1) is 0 Å². The number of carbonyl (C=O) groups excluding carboxylic acids is 1. The molecule has 0 fully saturated rings. The van der Waals surface area contributed by atoms with Gasteiger partial charge >= 0.3 is 6.09 Å². The normalized spacial score (nSPS) is 13.1. The molecule has 0 saturated carbocycles. The number of nitrogens with one attached hydrogen (secondary N) is 1. The van der Waals surface area contributed by atoms with E-state index in [0.717, 1.165) is 11.3 Å². The van der Waals surface area contributed by atoms with Gasteiger partial charge in [-0.25, -0.2) is 4.79 Å². The predicted molar refractivity (Wildman–Crippen MR) is 80.9 cm³/mol. The van der Waals surface area contributed by atoms with Crippen LogP contribution in [0.15, 0.2) is 30.3 Å². The fourth-order valence-corrected chi connectivity index (χ4v) is 1.54. The molecule has 1 atom stereocenters. The van der Waals surface area contributed by atoms with Crippen molar-refractivity contribution < 1.29 is 14.3 Å². The average Bonchev–Trinajstić information content (AvgIpc) is 2.34. The highest BCUT2D eigenvalue weighted by molar-refractivity contribution is 5.68. The number of hydrogen-bond acceptors (Lipinski definition) is 3. The molecule has 1 amide bonds. The topological polar surface area (TPSA) is 47.6 Å². The molecular weight excluding hydrogens is 254 g/mol. The lowest BCUT2D eigenvalue weighted by Crippen LogP contribution is -2.36. The standard InChI is InChI=1S/C16H23NO3/c1-12(17-15(18)20-16(2,3)4)9-10-13-7-6-8-14(11-13)19-5/h6-12H,1-5H3,(H,17,18)/b10-9+. The van der Waals surface area contributed by atoms with E-state index in [1.165, 1.54) is 0 Å². The van der Waals surface area contributed by atoms with E-state index in [2.05, 4.69) is 5.32 Å². The molecule has 0 aromatic heterocycles. The monoisotopic (exact) mass is 277 g/mol. The van der Waals surface area contributed by atoms with Gasteiger partial charge in [-0.1, -0.05) is 24.3 Å². The van der Waals surface area contributed by atoms with E-state index in [-0.39, 0.29) is 6.04 Å². The Kier molecular flexibility index (Phi) is 5.62. The zero-order chi connectivity index (χ0) is 15.2. The minimum atomic E-state index is -0.486. The molecule has 1 unspecified atom stereocenters. The number of rotatable bonds is 4. The van der Waals surface area contributed by atoms with Crippen molar-refractivity contribution in [2.24, 2.45) is 0 Å². The molecule has 0 radical (unpaired) electrons. The molecule has 1 aromatic carbocycles. The van der Waals surface area contributed by atoms with Crippen LogP contribution in [0.4, 0.5) is 4.79 Å². The number of carbonyl (C=O) groups is 1. The third-order valence-electron chi connectivity index (χ3n) is 2.42. The van der Waals surface area contributed by atoms with Crippen LogP contribution in [-0.4, -0.2) is 24.8 Å². The van der Waals surface area contributed by atoms with Gasteiger partial charge in [-0.15, -0.1) is 0 Å². The Morgan fingerprint density at radius 1 is 1.35 bits per heavy atom. The first kappa shape index (κ1) is 16.1. The third-order valence-corrected chi connectivity index (χ3v) is 2.42. The predicted octanol–water partition coefficient (Wildman–Crippen LogP) is 3.62. The molecule has 1 rings (SSSR count). The maximum Gasteiger partial charge on any atom is 0.408 e. The Labute approximate surface area is 120 Å². The van der Waals surface area contributed by atoms with Gasteiger partial charge in [0.2, 0.25) is 0 Å². The molecule has 0 heterocycles. The molecule has 110 valence electrons. The molecule has 0 saturated heterocycles. The van der Waals surface area contributed by atoms with Crippen molar-refractivity contribution in [2.45, 2.75) is 39.3 Å². The summed E-state index contributed by atoms with van der Waals surface area (Å²) in [7, 11) is 1.63. The summed E-state index contributed by atoms with van der Waals surface area (Å²) in [5.41, 5.74) is 0.530. The molecule has 0 aliphatic rings. The Morgan fingerprint density at radius 3 is 2.65 bits per heavy atom. The summed E-state index contributed by atoms with van der Waals surface area (Å²) >= 11 is 0. The minimum Gasteiger partial charge on any atom is -0.497 e. The average molecular weight is 277 g/mol. The van der Waals surface area contributed by atoms with Crippen LogP contribution in [0.25, 0.3) is 6.08 Å². The van der Waals surface area contributed by atoms with Crippen molar-refractivity contribution in [2.75, 3.05) is 7.11 Å². The Balaban J connectivity index is 2.54. The van der Waals surface area contributed by atoms with Crippen molar-refractivity contribution in [1.29, 1.82) is 0 Å². The van der Waals surface area contributed by atoms with Gasteiger partial charge in [-0.2, -0.15) is 0 Å². The molecule has 4 heteroatoms. The fraction of sp³-hybridized carbons (Fsp3) is 0.438. The second kappa shape index (κ2) is 6.98. The van der Waals surface area contributed by atoms with E-state index in [4.69, 9.17) is 9.47 Å². The highest BCUT2D eigenvalue weighted by Gasteiger charge is 2.16. The summed E-state index contributed by atoms with van der Waals surface area (Å²) in [6.45, 7) is 7.40. The van der Waals surface area contributed by atoms with Crippen LogP contribution in [0.1, 0.15) is 33.3 Å². The number of hydrogen-bond donors (Lipinski definition) is 1. The number of ether oxygens (including phenoxy) is 2.